The molecule has 6 heteroatoms. The van der Waals surface area contributed by atoms with Gasteiger partial charge in [0.2, 0.25) is 0 Å². The zero-order valence-corrected chi connectivity index (χ0v) is 7.25. The van der Waals surface area contributed by atoms with Crippen LogP contribution in [0.1, 0.15) is 11.7 Å². The van der Waals surface area contributed by atoms with Crippen molar-refractivity contribution in [2.24, 2.45) is 0 Å². The number of hydrogen-bond acceptors (Lipinski definition) is 1. The highest BCUT2D eigenvalue weighted by molar-refractivity contribution is 5.76. The first-order valence-electron chi connectivity index (χ1n) is 3.86. The van der Waals surface area contributed by atoms with Crippen molar-refractivity contribution in [3.05, 3.63) is 35.6 Å². The Balaban J connectivity index is 3.04. The van der Waals surface area contributed by atoms with E-state index >= 15 is 0 Å². The summed E-state index contributed by atoms with van der Waals surface area (Å²) in [5.41, 5.74) is -0.706. The Morgan fingerprint density at radius 1 is 1.40 bits per heavy atom. The van der Waals surface area contributed by atoms with Gasteiger partial charge in [0.15, 0.2) is 6.17 Å². The van der Waals surface area contributed by atoms with Gasteiger partial charge in [-0.2, -0.15) is 8.78 Å². The lowest BCUT2D eigenvalue weighted by atomic mass is 10.1. The summed E-state index contributed by atoms with van der Waals surface area (Å²) in [6, 6.07) is 3.39. The summed E-state index contributed by atoms with van der Waals surface area (Å²) in [7, 11) is 0. The summed E-state index contributed by atoms with van der Waals surface area (Å²) in [5.74, 6) is -8.05. The van der Waals surface area contributed by atoms with Crippen molar-refractivity contribution in [2.75, 3.05) is 0 Å². The van der Waals surface area contributed by atoms with Gasteiger partial charge in [-0.15, -0.1) is 0 Å². The van der Waals surface area contributed by atoms with Crippen LogP contribution in [0.2, 0.25) is 0 Å². The Labute approximate surface area is 82.1 Å². The molecule has 0 aliphatic carbocycles. The molecule has 1 aromatic rings. The zero-order chi connectivity index (χ0) is 11.6. The van der Waals surface area contributed by atoms with E-state index in [4.69, 9.17) is 5.11 Å². The molecule has 1 aromatic carbocycles. The van der Waals surface area contributed by atoms with E-state index in [-0.39, 0.29) is 0 Å². The van der Waals surface area contributed by atoms with E-state index in [0.717, 1.165) is 18.2 Å². The Morgan fingerprint density at radius 3 is 2.47 bits per heavy atom. The van der Waals surface area contributed by atoms with Crippen LogP contribution >= 0.6 is 0 Å². The molecule has 0 heterocycles. The van der Waals surface area contributed by atoms with E-state index in [0.29, 0.717) is 6.07 Å². The molecule has 0 saturated carbocycles. The third-order valence-corrected chi connectivity index (χ3v) is 1.74. The van der Waals surface area contributed by atoms with Gasteiger partial charge in [0.1, 0.15) is 5.82 Å². The highest BCUT2D eigenvalue weighted by Crippen LogP contribution is 2.35. The van der Waals surface area contributed by atoms with Crippen LogP contribution in [0.4, 0.5) is 17.6 Å². The van der Waals surface area contributed by atoms with Crippen molar-refractivity contribution in [1.82, 2.24) is 0 Å². The second-order valence-corrected chi connectivity index (χ2v) is 2.85. The molecule has 0 radical (unpaired) electrons. The third kappa shape index (κ3) is 2.26. The first-order valence-corrected chi connectivity index (χ1v) is 3.86. The summed E-state index contributed by atoms with van der Waals surface area (Å²) < 4.78 is 50.9. The minimum atomic E-state index is -4.56. The van der Waals surface area contributed by atoms with Crippen molar-refractivity contribution >= 4 is 5.97 Å². The number of carboxylic acid groups (broad SMARTS) is 1. The molecular formula is C9H6F4O2. The fraction of sp³-hybridized carbons (Fsp3) is 0.222. The van der Waals surface area contributed by atoms with E-state index < -0.39 is 29.4 Å². The van der Waals surface area contributed by atoms with Gasteiger partial charge in [0.25, 0.3) is 0 Å². The lowest BCUT2D eigenvalue weighted by Crippen LogP contribution is -2.33. The van der Waals surface area contributed by atoms with Gasteiger partial charge < -0.3 is 5.11 Å². The molecule has 0 aliphatic heterocycles. The quantitative estimate of drug-likeness (QED) is 0.798. The van der Waals surface area contributed by atoms with Crippen LogP contribution in [-0.4, -0.2) is 17.0 Å². The molecule has 0 fully saturated rings. The second kappa shape index (κ2) is 3.88. The first kappa shape index (κ1) is 11.5. The topological polar surface area (TPSA) is 37.3 Å². The van der Waals surface area contributed by atoms with E-state index in [2.05, 4.69) is 0 Å². The molecule has 0 aromatic heterocycles. The molecule has 15 heavy (non-hydrogen) atoms. The Bertz CT molecular complexity index is 378. The summed E-state index contributed by atoms with van der Waals surface area (Å²) in [4.78, 5) is 10.0. The molecular weight excluding hydrogens is 216 g/mol. The standard InChI is InChI=1S/C9H6F4O2/c10-6-3-1-2-5(4-6)7(11)9(12,13)8(14)15/h1-4,7H,(H,14,15). The van der Waals surface area contributed by atoms with Crippen molar-refractivity contribution in [1.29, 1.82) is 0 Å². The maximum atomic E-state index is 13.0. The Hall–Kier alpha value is -1.59. The van der Waals surface area contributed by atoms with Gasteiger partial charge in [0.05, 0.1) is 0 Å². The second-order valence-electron chi connectivity index (χ2n) is 2.85. The third-order valence-electron chi connectivity index (χ3n) is 1.74. The number of carboxylic acids is 1. The summed E-state index contributed by atoms with van der Waals surface area (Å²) in [6.45, 7) is 0. The van der Waals surface area contributed by atoms with Gasteiger partial charge in [-0.1, -0.05) is 12.1 Å². The van der Waals surface area contributed by atoms with E-state index in [1.165, 1.54) is 0 Å². The number of rotatable bonds is 3. The van der Waals surface area contributed by atoms with Crippen LogP contribution in [0.3, 0.4) is 0 Å². The number of alkyl halides is 3. The predicted octanol–water partition coefficient (Wildman–Crippen LogP) is 2.56. The summed E-state index contributed by atoms with van der Waals surface area (Å²) in [5, 5.41) is 8.06. The zero-order valence-electron chi connectivity index (χ0n) is 7.25. The molecule has 0 bridgehead atoms. The molecule has 0 amide bonds. The van der Waals surface area contributed by atoms with Gasteiger partial charge >= 0.3 is 11.9 Å². The molecule has 2 nitrogen and oxygen atoms in total. The van der Waals surface area contributed by atoms with Crippen LogP contribution in [0.5, 0.6) is 0 Å². The average molecular weight is 222 g/mol. The van der Waals surface area contributed by atoms with Gasteiger partial charge in [-0.05, 0) is 17.7 Å². The smallest absolute Gasteiger partial charge is 0.378 e. The van der Waals surface area contributed by atoms with Crippen molar-refractivity contribution < 1.29 is 27.5 Å². The fourth-order valence-corrected chi connectivity index (χ4v) is 0.982. The van der Waals surface area contributed by atoms with Crippen LogP contribution in [0.25, 0.3) is 0 Å². The van der Waals surface area contributed by atoms with Crippen LogP contribution in [0.15, 0.2) is 24.3 Å². The predicted molar refractivity (Wildman–Crippen MR) is 42.8 cm³/mol. The molecule has 1 rings (SSSR count). The van der Waals surface area contributed by atoms with E-state index in [1.54, 1.807) is 0 Å². The maximum Gasteiger partial charge on any atom is 0.378 e. The van der Waals surface area contributed by atoms with Crippen LogP contribution in [0, 0.1) is 5.82 Å². The van der Waals surface area contributed by atoms with Crippen LogP contribution in [-0.2, 0) is 4.79 Å². The summed E-state index contributed by atoms with van der Waals surface area (Å²) in [6.07, 6.45) is -3.06. The van der Waals surface area contributed by atoms with Crippen LogP contribution < -0.4 is 0 Å². The van der Waals surface area contributed by atoms with E-state index in [9.17, 15) is 22.4 Å². The van der Waals surface area contributed by atoms with Gasteiger partial charge in [-0.25, -0.2) is 13.6 Å². The SMILES string of the molecule is O=C(O)C(F)(F)C(F)c1cccc(F)c1. The fourth-order valence-electron chi connectivity index (χ4n) is 0.982. The number of halogens is 4. The number of hydrogen-bond donors (Lipinski definition) is 1. The lowest BCUT2D eigenvalue weighted by molar-refractivity contribution is -0.175. The number of aliphatic carboxylic acids is 1. The number of benzene rings is 1. The molecule has 0 spiro atoms. The average Bonchev–Trinajstić information content (AvgIpc) is 2.16. The molecule has 82 valence electrons. The normalized spacial score (nSPS) is 13.6. The largest absolute Gasteiger partial charge is 0.477 e. The number of carbonyl (C=O) groups is 1. The van der Waals surface area contributed by atoms with E-state index in [1.807, 2.05) is 0 Å². The molecule has 0 saturated heterocycles. The highest BCUT2D eigenvalue weighted by atomic mass is 19.3. The minimum absolute atomic E-state index is 0.529. The summed E-state index contributed by atoms with van der Waals surface area (Å²) >= 11 is 0. The van der Waals surface area contributed by atoms with Gasteiger partial charge in [0, 0.05) is 0 Å². The minimum Gasteiger partial charge on any atom is -0.477 e. The molecule has 1 unspecified atom stereocenters. The van der Waals surface area contributed by atoms with Crippen molar-refractivity contribution in [3.63, 3.8) is 0 Å². The lowest BCUT2D eigenvalue weighted by Gasteiger charge is -2.16. The highest BCUT2D eigenvalue weighted by Gasteiger charge is 2.49. The molecule has 1 N–H and O–H groups in total. The molecule has 1 atom stereocenters. The monoisotopic (exact) mass is 222 g/mol. The van der Waals surface area contributed by atoms with Gasteiger partial charge in [-0.3, -0.25) is 0 Å². The Morgan fingerprint density at radius 2 is 2.00 bits per heavy atom. The Kier molecular flexibility index (Phi) is 2.97. The maximum absolute atomic E-state index is 13.0. The van der Waals surface area contributed by atoms with Crippen molar-refractivity contribution in [2.45, 2.75) is 12.1 Å². The first-order chi connectivity index (χ1) is 6.85. The molecule has 0 aliphatic rings. The van der Waals surface area contributed by atoms with Crippen molar-refractivity contribution in [3.8, 4) is 0 Å².